The fraction of sp³-hybridized carbons (Fsp3) is 0.560. The molecular weight excluding hydrogens is 452 g/mol. The Morgan fingerprint density at radius 2 is 1.77 bits per heavy atom. The molecule has 3 saturated heterocycles. The number of carbonyl (C=O) groups is 5. The number of anilines is 1. The average Bonchev–Trinajstić information content (AvgIpc) is 2.83. The molecule has 1 atom stereocenters. The Balaban J connectivity index is 0.00000167. The molecule has 10 nitrogen and oxygen atoms in total. The van der Waals surface area contributed by atoms with Gasteiger partial charge in [0.2, 0.25) is 11.8 Å². The Bertz CT molecular complexity index is 982. The van der Waals surface area contributed by atoms with Crippen LogP contribution in [-0.2, 0) is 14.4 Å². The van der Waals surface area contributed by atoms with Crippen molar-refractivity contribution >= 4 is 35.7 Å². The number of nitrogens with zero attached hydrogens (tertiary/aromatic N) is 3. The molecule has 0 spiro atoms. The van der Waals surface area contributed by atoms with Gasteiger partial charge >= 0.3 is 5.97 Å². The molecule has 35 heavy (non-hydrogen) atoms. The summed E-state index contributed by atoms with van der Waals surface area (Å²) in [6.07, 6.45) is 2.87. The maximum Gasteiger partial charge on any atom is 0.309 e. The lowest BCUT2D eigenvalue weighted by Gasteiger charge is -2.46. The average molecular weight is 487 g/mol. The first kappa shape index (κ1) is 26.3. The first-order valence-electron chi connectivity index (χ1n) is 12.2. The molecule has 0 aliphatic carbocycles. The van der Waals surface area contributed by atoms with Crippen molar-refractivity contribution in [1.29, 1.82) is 0 Å². The monoisotopic (exact) mass is 486 g/mol. The molecule has 10 heteroatoms. The smallest absolute Gasteiger partial charge is 0.309 e. The Morgan fingerprint density at radius 1 is 1.11 bits per heavy atom. The van der Waals surface area contributed by atoms with E-state index in [1.807, 2.05) is 19.9 Å². The van der Waals surface area contributed by atoms with E-state index in [1.54, 1.807) is 12.1 Å². The molecule has 1 aromatic carbocycles. The van der Waals surface area contributed by atoms with Gasteiger partial charge in [-0.05, 0) is 37.5 Å². The van der Waals surface area contributed by atoms with Gasteiger partial charge < -0.3 is 14.9 Å². The molecule has 0 saturated carbocycles. The summed E-state index contributed by atoms with van der Waals surface area (Å²) in [6, 6.07) is 4.73. The highest BCUT2D eigenvalue weighted by molar-refractivity contribution is 6.06. The third kappa shape index (κ3) is 5.70. The van der Waals surface area contributed by atoms with Crippen LogP contribution in [0.4, 0.5) is 5.69 Å². The van der Waals surface area contributed by atoms with Crippen LogP contribution < -0.4 is 10.2 Å². The summed E-state index contributed by atoms with van der Waals surface area (Å²) in [5.74, 6) is -2.30. The summed E-state index contributed by atoms with van der Waals surface area (Å²) in [5, 5.41) is 11.3. The van der Waals surface area contributed by atoms with Crippen molar-refractivity contribution in [3.05, 3.63) is 29.3 Å². The number of benzene rings is 1. The number of likely N-dealkylation sites (N-methyl/N-ethyl adjacent to an activating group) is 1. The van der Waals surface area contributed by atoms with E-state index in [1.165, 1.54) is 11.9 Å². The number of carboxylic acids is 1. The zero-order chi connectivity index (χ0) is 25.7. The summed E-state index contributed by atoms with van der Waals surface area (Å²) in [7, 11) is 1.50. The summed E-state index contributed by atoms with van der Waals surface area (Å²) in [4.78, 5) is 65.0. The van der Waals surface area contributed by atoms with E-state index in [9.17, 15) is 24.0 Å². The van der Waals surface area contributed by atoms with E-state index in [0.29, 0.717) is 25.4 Å². The number of aldehydes is 1. The Labute approximate surface area is 205 Å². The van der Waals surface area contributed by atoms with Gasteiger partial charge in [-0.1, -0.05) is 13.8 Å². The second-order valence-electron chi connectivity index (χ2n) is 8.98. The standard InChI is InChI=1S/C23H28N4O6.C2H6/c1-25(19-4-5-20(29)24-21(19)30)22(31)18-3-2-17(10-14(18)13-28)26-8-6-16(7-9-26)27-11-15(12-27)23(32)33;1-2/h2-3,10,13,15-16,19H,4-9,11-12H2,1H3,(H,32,33)(H,24,29,30);1-2H3. The van der Waals surface area contributed by atoms with Gasteiger partial charge in [0.1, 0.15) is 6.04 Å². The molecule has 3 amide bonds. The van der Waals surface area contributed by atoms with Crippen LogP contribution in [0.3, 0.4) is 0 Å². The van der Waals surface area contributed by atoms with Gasteiger partial charge in [0.05, 0.1) is 11.5 Å². The maximum atomic E-state index is 13.0. The summed E-state index contributed by atoms with van der Waals surface area (Å²) >= 11 is 0. The number of carboxylic acid groups (broad SMARTS) is 1. The zero-order valence-electron chi connectivity index (χ0n) is 20.5. The van der Waals surface area contributed by atoms with E-state index in [4.69, 9.17) is 5.11 Å². The van der Waals surface area contributed by atoms with Gasteiger partial charge in [0, 0.05) is 56.9 Å². The van der Waals surface area contributed by atoms with Crippen molar-refractivity contribution in [2.45, 2.75) is 51.6 Å². The van der Waals surface area contributed by atoms with Gasteiger partial charge in [-0.25, -0.2) is 0 Å². The lowest BCUT2D eigenvalue weighted by atomic mass is 9.93. The third-order valence-corrected chi connectivity index (χ3v) is 7.00. The highest BCUT2D eigenvalue weighted by Gasteiger charge is 2.38. The van der Waals surface area contributed by atoms with E-state index in [-0.39, 0.29) is 35.8 Å². The van der Waals surface area contributed by atoms with Crippen molar-refractivity contribution in [2.75, 3.05) is 38.1 Å². The zero-order valence-corrected chi connectivity index (χ0v) is 20.5. The quantitative estimate of drug-likeness (QED) is 0.456. The first-order valence-corrected chi connectivity index (χ1v) is 12.2. The normalized spacial score (nSPS) is 21.3. The number of likely N-dealkylation sites (tertiary alicyclic amines) is 1. The summed E-state index contributed by atoms with van der Waals surface area (Å²) in [6.45, 7) is 6.76. The number of nitrogens with one attached hydrogen (secondary N) is 1. The van der Waals surface area contributed by atoms with Crippen LogP contribution in [0.5, 0.6) is 0 Å². The number of piperidine rings is 2. The second-order valence-corrected chi connectivity index (χ2v) is 8.98. The van der Waals surface area contributed by atoms with E-state index in [0.717, 1.165) is 31.6 Å². The number of aliphatic carboxylic acids is 1. The van der Waals surface area contributed by atoms with E-state index >= 15 is 0 Å². The fourth-order valence-corrected chi connectivity index (χ4v) is 4.88. The van der Waals surface area contributed by atoms with Gasteiger partial charge in [0.25, 0.3) is 5.91 Å². The molecule has 1 aromatic rings. The Kier molecular flexibility index (Phi) is 8.61. The van der Waals surface area contributed by atoms with Crippen molar-refractivity contribution < 1.29 is 29.1 Å². The van der Waals surface area contributed by atoms with Crippen molar-refractivity contribution in [3.8, 4) is 0 Å². The van der Waals surface area contributed by atoms with Crippen molar-refractivity contribution in [1.82, 2.24) is 15.1 Å². The van der Waals surface area contributed by atoms with Crippen molar-refractivity contribution in [2.24, 2.45) is 5.92 Å². The molecule has 0 aromatic heterocycles. The largest absolute Gasteiger partial charge is 0.481 e. The van der Waals surface area contributed by atoms with Crippen LogP contribution in [0.15, 0.2) is 18.2 Å². The third-order valence-electron chi connectivity index (χ3n) is 7.00. The Hall–Kier alpha value is -3.27. The van der Waals surface area contributed by atoms with Gasteiger partial charge in [-0.3, -0.25) is 34.2 Å². The number of imide groups is 1. The summed E-state index contributed by atoms with van der Waals surface area (Å²) < 4.78 is 0. The highest BCUT2D eigenvalue weighted by atomic mass is 16.4. The second kappa shape index (κ2) is 11.4. The Morgan fingerprint density at radius 3 is 2.34 bits per heavy atom. The molecule has 3 heterocycles. The molecule has 0 bridgehead atoms. The van der Waals surface area contributed by atoms with Gasteiger partial charge in [-0.15, -0.1) is 0 Å². The fourth-order valence-electron chi connectivity index (χ4n) is 4.88. The molecule has 3 aliphatic heterocycles. The molecule has 3 aliphatic rings. The molecule has 3 fully saturated rings. The molecular formula is C25H34N4O6. The van der Waals surface area contributed by atoms with Crippen LogP contribution in [0.2, 0.25) is 0 Å². The summed E-state index contributed by atoms with van der Waals surface area (Å²) in [5.41, 5.74) is 1.32. The predicted octanol–water partition coefficient (Wildman–Crippen LogP) is 1.39. The van der Waals surface area contributed by atoms with Crippen LogP contribution in [0, 0.1) is 5.92 Å². The molecule has 0 radical (unpaired) electrons. The van der Waals surface area contributed by atoms with Crippen LogP contribution in [-0.4, -0.2) is 90.2 Å². The molecule has 4 rings (SSSR count). The lowest BCUT2D eigenvalue weighted by molar-refractivity contribution is -0.149. The van der Waals surface area contributed by atoms with E-state index < -0.39 is 23.8 Å². The minimum atomic E-state index is -0.754. The van der Waals surface area contributed by atoms with Crippen molar-refractivity contribution in [3.63, 3.8) is 0 Å². The minimum absolute atomic E-state index is 0.165. The topological polar surface area (TPSA) is 127 Å². The van der Waals surface area contributed by atoms with Crippen LogP contribution in [0.25, 0.3) is 0 Å². The number of hydrogen-bond donors (Lipinski definition) is 2. The van der Waals surface area contributed by atoms with Crippen LogP contribution >= 0.6 is 0 Å². The van der Waals surface area contributed by atoms with Gasteiger partial charge in [-0.2, -0.15) is 0 Å². The molecule has 190 valence electrons. The number of carbonyl (C=O) groups excluding carboxylic acids is 4. The maximum absolute atomic E-state index is 13.0. The lowest BCUT2D eigenvalue weighted by Crippen LogP contribution is -2.57. The highest BCUT2D eigenvalue weighted by Crippen LogP contribution is 2.29. The number of amides is 3. The SMILES string of the molecule is CC.CN(C(=O)c1ccc(N2CCC(N3CC(C(=O)O)C3)CC2)cc1C=O)C1CCC(=O)NC1=O. The number of hydrogen-bond acceptors (Lipinski definition) is 7. The predicted molar refractivity (Wildman–Crippen MR) is 129 cm³/mol. The number of rotatable bonds is 6. The minimum Gasteiger partial charge on any atom is -0.481 e. The first-order chi connectivity index (χ1) is 16.8. The molecule has 1 unspecified atom stereocenters. The molecule has 2 N–H and O–H groups in total. The van der Waals surface area contributed by atoms with E-state index in [2.05, 4.69) is 15.1 Å². The van der Waals surface area contributed by atoms with Crippen LogP contribution in [0.1, 0.15) is 60.2 Å². The van der Waals surface area contributed by atoms with Gasteiger partial charge in [0.15, 0.2) is 6.29 Å².